The first kappa shape index (κ1) is 11.5. The van der Waals surface area contributed by atoms with Crippen molar-refractivity contribution in [1.29, 1.82) is 0 Å². The van der Waals surface area contributed by atoms with E-state index in [-0.39, 0.29) is 5.02 Å². The van der Waals surface area contributed by atoms with Crippen molar-refractivity contribution in [2.75, 3.05) is 12.1 Å². The Hall–Kier alpha value is -1.01. The number of rotatable bonds is 2. The molecule has 0 saturated carbocycles. The van der Waals surface area contributed by atoms with Crippen LogP contribution in [0, 0.1) is 0 Å². The van der Waals surface area contributed by atoms with E-state index in [0.717, 1.165) is 5.01 Å². The largest absolute Gasteiger partial charge is 0.432 e. The fourth-order valence-corrected chi connectivity index (χ4v) is 1.64. The van der Waals surface area contributed by atoms with Crippen molar-refractivity contribution in [3.05, 3.63) is 28.2 Å². The topological polar surface area (TPSA) is 50.8 Å². The number of methoxy groups -OCH3 is 1. The molecule has 1 atom stereocenters. The summed E-state index contributed by atoms with van der Waals surface area (Å²) < 4.78 is 9.66. The van der Waals surface area contributed by atoms with Gasteiger partial charge in [-0.25, -0.2) is 9.80 Å². The van der Waals surface area contributed by atoms with E-state index in [1.165, 1.54) is 7.11 Å². The predicted molar refractivity (Wildman–Crippen MR) is 59.4 cm³/mol. The number of hydrogen-bond acceptors (Lipinski definition) is 4. The van der Waals surface area contributed by atoms with E-state index >= 15 is 0 Å². The van der Waals surface area contributed by atoms with Gasteiger partial charge in [0, 0.05) is 7.11 Å². The molecule has 1 fully saturated rings. The number of nitrogens with zero attached hydrogens (tertiary/aromatic N) is 1. The SMILES string of the molecule is COC1NN(c2cccc(Cl)c2Cl)C(=O)O1. The number of carbonyl (C=O) groups excluding carboxylic acids is 1. The Labute approximate surface area is 102 Å². The third kappa shape index (κ3) is 1.94. The first-order valence-corrected chi connectivity index (χ1v) is 5.13. The Kier molecular flexibility index (Phi) is 3.20. The lowest BCUT2D eigenvalue weighted by Gasteiger charge is -2.15. The fourth-order valence-electron chi connectivity index (χ4n) is 1.26. The molecule has 16 heavy (non-hydrogen) atoms. The Morgan fingerprint density at radius 3 is 2.88 bits per heavy atom. The average molecular weight is 263 g/mol. The van der Waals surface area contributed by atoms with E-state index < -0.39 is 12.5 Å². The smallest absolute Gasteiger partial charge is 0.402 e. The normalized spacial score (nSPS) is 20.1. The van der Waals surface area contributed by atoms with Crippen molar-refractivity contribution in [2.24, 2.45) is 0 Å². The molecule has 1 N–H and O–H groups in total. The third-order valence-electron chi connectivity index (χ3n) is 2.01. The standard InChI is InChI=1S/C9H8Cl2N2O3/c1-15-8-12-13(9(14)16-8)6-4-2-3-5(10)7(6)11/h2-4,8,12H,1H3. The van der Waals surface area contributed by atoms with Crippen molar-refractivity contribution >= 4 is 35.0 Å². The van der Waals surface area contributed by atoms with E-state index in [9.17, 15) is 4.79 Å². The van der Waals surface area contributed by atoms with Gasteiger partial charge in [-0.2, -0.15) is 5.43 Å². The van der Waals surface area contributed by atoms with Crippen LogP contribution in [0.2, 0.25) is 10.0 Å². The van der Waals surface area contributed by atoms with Crippen LogP contribution >= 0.6 is 23.2 Å². The van der Waals surface area contributed by atoms with Crippen molar-refractivity contribution in [3.63, 3.8) is 0 Å². The molecule has 2 rings (SSSR count). The number of amides is 1. The molecule has 1 saturated heterocycles. The summed E-state index contributed by atoms with van der Waals surface area (Å²) >= 11 is 11.8. The van der Waals surface area contributed by atoms with Gasteiger partial charge in [-0.3, -0.25) is 0 Å². The van der Waals surface area contributed by atoms with E-state index in [0.29, 0.717) is 10.7 Å². The number of ether oxygens (including phenoxy) is 2. The van der Waals surface area contributed by atoms with Gasteiger partial charge >= 0.3 is 6.09 Å². The second-order valence-corrected chi connectivity index (χ2v) is 3.77. The lowest BCUT2D eigenvalue weighted by molar-refractivity contribution is -0.0722. The van der Waals surface area contributed by atoms with Crippen LogP contribution in [0.5, 0.6) is 0 Å². The summed E-state index contributed by atoms with van der Waals surface area (Å²) in [6, 6.07) is 4.95. The number of carbonyl (C=O) groups is 1. The summed E-state index contributed by atoms with van der Waals surface area (Å²) in [6.45, 7) is 0. The molecule has 0 radical (unpaired) electrons. The Morgan fingerprint density at radius 1 is 1.50 bits per heavy atom. The average Bonchev–Trinajstić information content (AvgIpc) is 2.64. The highest BCUT2D eigenvalue weighted by molar-refractivity contribution is 6.44. The first-order valence-electron chi connectivity index (χ1n) is 4.37. The highest BCUT2D eigenvalue weighted by atomic mass is 35.5. The van der Waals surface area contributed by atoms with Crippen molar-refractivity contribution < 1.29 is 14.3 Å². The number of anilines is 1. The van der Waals surface area contributed by atoms with Crippen LogP contribution in [-0.2, 0) is 9.47 Å². The molecule has 1 aliphatic heterocycles. The van der Waals surface area contributed by atoms with E-state index in [2.05, 4.69) is 5.43 Å². The van der Waals surface area contributed by atoms with Gasteiger partial charge in [-0.1, -0.05) is 29.3 Å². The lowest BCUT2D eigenvalue weighted by Crippen LogP contribution is -2.38. The Morgan fingerprint density at radius 2 is 2.25 bits per heavy atom. The van der Waals surface area contributed by atoms with Crippen LogP contribution in [-0.4, -0.2) is 19.6 Å². The Balaban J connectivity index is 2.31. The molecule has 1 aromatic carbocycles. The molecule has 0 aromatic heterocycles. The molecule has 1 unspecified atom stereocenters. The Bertz CT molecular complexity index is 427. The highest BCUT2D eigenvalue weighted by Gasteiger charge is 2.33. The number of halogens is 2. The molecular weight excluding hydrogens is 255 g/mol. The fraction of sp³-hybridized carbons (Fsp3) is 0.222. The van der Waals surface area contributed by atoms with Gasteiger partial charge in [0.25, 0.3) is 6.41 Å². The van der Waals surface area contributed by atoms with Crippen molar-refractivity contribution in [3.8, 4) is 0 Å². The van der Waals surface area contributed by atoms with Gasteiger partial charge in [0.15, 0.2) is 0 Å². The summed E-state index contributed by atoms with van der Waals surface area (Å²) in [5.41, 5.74) is 3.09. The summed E-state index contributed by atoms with van der Waals surface area (Å²) in [7, 11) is 1.41. The number of nitrogens with one attached hydrogen (secondary N) is 1. The van der Waals surface area contributed by atoms with Gasteiger partial charge in [0.05, 0.1) is 15.7 Å². The van der Waals surface area contributed by atoms with E-state index in [1.807, 2.05) is 0 Å². The molecular formula is C9H8Cl2N2O3. The van der Waals surface area contributed by atoms with Crippen LogP contribution in [0.4, 0.5) is 10.5 Å². The van der Waals surface area contributed by atoms with Gasteiger partial charge in [0.2, 0.25) is 0 Å². The predicted octanol–water partition coefficient (Wildman–Crippen LogP) is 2.38. The second kappa shape index (κ2) is 4.47. The maximum Gasteiger partial charge on any atom is 0.432 e. The van der Waals surface area contributed by atoms with E-state index in [4.69, 9.17) is 32.7 Å². The number of benzene rings is 1. The first-order chi connectivity index (χ1) is 7.63. The molecule has 1 aromatic rings. The molecule has 5 nitrogen and oxygen atoms in total. The maximum atomic E-state index is 11.5. The van der Waals surface area contributed by atoms with Gasteiger partial charge in [-0.15, -0.1) is 0 Å². The van der Waals surface area contributed by atoms with Crippen LogP contribution in [0.3, 0.4) is 0 Å². The summed E-state index contributed by atoms with van der Waals surface area (Å²) in [4.78, 5) is 11.5. The maximum absolute atomic E-state index is 11.5. The quantitative estimate of drug-likeness (QED) is 0.890. The number of cyclic esters (lactones) is 1. The number of hydrogen-bond donors (Lipinski definition) is 1. The zero-order valence-electron chi connectivity index (χ0n) is 8.24. The molecule has 0 spiro atoms. The summed E-state index contributed by atoms with van der Waals surface area (Å²) in [6.07, 6.45) is -1.42. The minimum absolute atomic E-state index is 0.269. The number of hydrazine groups is 1. The summed E-state index contributed by atoms with van der Waals surface area (Å²) in [5, 5.41) is 1.77. The second-order valence-electron chi connectivity index (χ2n) is 2.99. The third-order valence-corrected chi connectivity index (χ3v) is 2.82. The van der Waals surface area contributed by atoms with Crippen LogP contribution in [0.1, 0.15) is 0 Å². The van der Waals surface area contributed by atoms with Crippen LogP contribution < -0.4 is 10.4 Å². The zero-order chi connectivity index (χ0) is 11.7. The van der Waals surface area contributed by atoms with Crippen molar-refractivity contribution in [2.45, 2.75) is 6.41 Å². The molecule has 1 amide bonds. The molecule has 86 valence electrons. The van der Waals surface area contributed by atoms with Gasteiger partial charge < -0.3 is 9.47 Å². The molecule has 0 aliphatic carbocycles. The van der Waals surface area contributed by atoms with Gasteiger partial charge in [-0.05, 0) is 12.1 Å². The zero-order valence-corrected chi connectivity index (χ0v) is 9.75. The minimum Gasteiger partial charge on any atom is -0.402 e. The van der Waals surface area contributed by atoms with Crippen LogP contribution in [0.25, 0.3) is 0 Å². The molecule has 0 bridgehead atoms. The van der Waals surface area contributed by atoms with Crippen molar-refractivity contribution in [1.82, 2.24) is 5.43 Å². The monoisotopic (exact) mass is 262 g/mol. The molecule has 1 aliphatic rings. The molecule has 7 heteroatoms. The van der Waals surface area contributed by atoms with Crippen LogP contribution in [0.15, 0.2) is 18.2 Å². The molecule has 1 heterocycles. The lowest BCUT2D eigenvalue weighted by atomic mass is 10.3. The highest BCUT2D eigenvalue weighted by Crippen LogP contribution is 2.33. The minimum atomic E-state index is -0.817. The summed E-state index contributed by atoms with van der Waals surface area (Å²) in [5.74, 6) is 0. The van der Waals surface area contributed by atoms with Gasteiger partial charge in [0.1, 0.15) is 0 Å². The van der Waals surface area contributed by atoms with E-state index in [1.54, 1.807) is 18.2 Å².